The van der Waals surface area contributed by atoms with Gasteiger partial charge in [-0.05, 0) is 44.7 Å². The predicted molar refractivity (Wildman–Crippen MR) is 38.3 cm³/mol. The molecule has 1 aliphatic heterocycles. The number of rotatable bonds is 0. The molecule has 0 aromatic rings. The average molecular weight is 125 g/mol. The van der Waals surface area contributed by atoms with Gasteiger partial charge in [-0.1, -0.05) is 0 Å². The highest BCUT2D eigenvalue weighted by atomic mass is 15.1. The summed E-state index contributed by atoms with van der Waals surface area (Å²) < 4.78 is 0. The van der Waals surface area contributed by atoms with Gasteiger partial charge in [-0.15, -0.1) is 0 Å². The molecule has 0 aromatic carbocycles. The van der Waals surface area contributed by atoms with Crippen LogP contribution < -0.4 is 0 Å². The van der Waals surface area contributed by atoms with Crippen molar-refractivity contribution in [3.63, 3.8) is 0 Å². The van der Waals surface area contributed by atoms with Crippen LogP contribution in [0, 0.1) is 11.8 Å². The minimum atomic E-state index is 1.09. The Labute approximate surface area is 57.0 Å². The zero-order valence-electron chi connectivity index (χ0n) is 6.14. The molecule has 0 radical (unpaired) electrons. The first-order valence-electron chi connectivity index (χ1n) is 4.05. The van der Waals surface area contributed by atoms with Crippen LogP contribution in [0.4, 0.5) is 0 Å². The maximum absolute atomic E-state index is 2.47. The number of nitrogens with zero attached hydrogens (tertiary/aromatic N) is 1. The molecule has 2 aliphatic rings. The van der Waals surface area contributed by atoms with E-state index in [1.807, 2.05) is 0 Å². The van der Waals surface area contributed by atoms with Crippen LogP contribution >= 0.6 is 0 Å². The predicted octanol–water partition coefficient (Wildman–Crippen LogP) is 1.35. The Morgan fingerprint density at radius 1 is 1.11 bits per heavy atom. The van der Waals surface area contributed by atoms with E-state index in [1.54, 1.807) is 0 Å². The second-order valence-electron chi connectivity index (χ2n) is 3.65. The highest BCUT2D eigenvalue weighted by Gasteiger charge is 2.34. The summed E-state index contributed by atoms with van der Waals surface area (Å²) in [6, 6.07) is 0. The van der Waals surface area contributed by atoms with E-state index < -0.39 is 0 Å². The monoisotopic (exact) mass is 125 g/mol. The zero-order chi connectivity index (χ0) is 6.27. The van der Waals surface area contributed by atoms with Crippen molar-refractivity contribution >= 4 is 0 Å². The van der Waals surface area contributed by atoms with Crippen LogP contribution in [-0.4, -0.2) is 25.0 Å². The molecule has 0 amide bonds. The maximum Gasteiger partial charge on any atom is 0.000927 e. The first-order chi connectivity index (χ1) is 4.36. The molecule has 1 saturated heterocycles. The highest BCUT2D eigenvalue weighted by Crippen LogP contribution is 2.39. The highest BCUT2D eigenvalue weighted by molar-refractivity contribution is 4.86. The third-order valence-electron chi connectivity index (χ3n) is 3.00. The normalized spacial score (nSPS) is 43.7. The molecule has 1 aliphatic carbocycles. The molecular formula is C8H15N. The van der Waals surface area contributed by atoms with Crippen molar-refractivity contribution in [2.75, 3.05) is 20.1 Å². The van der Waals surface area contributed by atoms with Crippen LogP contribution in [0.1, 0.15) is 19.3 Å². The zero-order valence-corrected chi connectivity index (χ0v) is 6.14. The number of fused-ring (bicyclic) bond motifs is 1. The fourth-order valence-corrected chi connectivity index (χ4v) is 2.14. The van der Waals surface area contributed by atoms with Gasteiger partial charge in [0, 0.05) is 6.54 Å². The first kappa shape index (κ1) is 5.72. The van der Waals surface area contributed by atoms with Crippen molar-refractivity contribution in [3.8, 4) is 0 Å². The molecule has 2 fully saturated rings. The Morgan fingerprint density at radius 2 is 1.89 bits per heavy atom. The molecule has 1 nitrogen and oxygen atoms in total. The van der Waals surface area contributed by atoms with E-state index in [1.165, 1.54) is 32.4 Å². The summed E-state index contributed by atoms with van der Waals surface area (Å²) in [7, 11) is 2.24. The standard InChI is InChI=1S/C8H15N/c1-9-5-4-7-2-3-8(7)6-9/h7-8H,2-6H2,1H3. The summed E-state index contributed by atoms with van der Waals surface area (Å²) in [6.07, 6.45) is 4.51. The smallest absolute Gasteiger partial charge is 0.000927 e. The van der Waals surface area contributed by atoms with Crippen LogP contribution in [-0.2, 0) is 0 Å². The average Bonchev–Trinajstić information content (AvgIpc) is 1.78. The second kappa shape index (κ2) is 1.98. The van der Waals surface area contributed by atoms with Crippen LogP contribution in [0.25, 0.3) is 0 Å². The Kier molecular flexibility index (Phi) is 1.26. The molecule has 2 unspecified atom stereocenters. The van der Waals surface area contributed by atoms with Gasteiger partial charge in [0.1, 0.15) is 0 Å². The lowest BCUT2D eigenvalue weighted by atomic mass is 9.70. The SMILES string of the molecule is CN1CCC2CCC2C1. The largest absolute Gasteiger partial charge is 0.306 e. The molecule has 0 N–H and O–H groups in total. The Bertz CT molecular complexity index is 111. The third-order valence-corrected chi connectivity index (χ3v) is 3.00. The topological polar surface area (TPSA) is 3.24 Å². The van der Waals surface area contributed by atoms with E-state index in [9.17, 15) is 0 Å². The van der Waals surface area contributed by atoms with E-state index in [4.69, 9.17) is 0 Å². The fourth-order valence-electron chi connectivity index (χ4n) is 2.14. The second-order valence-corrected chi connectivity index (χ2v) is 3.65. The number of piperidine rings is 1. The summed E-state index contributed by atoms with van der Waals surface area (Å²) in [5, 5.41) is 0. The molecule has 2 rings (SSSR count). The van der Waals surface area contributed by atoms with Gasteiger partial charge in [0.25, 0.3) is 0 Å². The molecule has 2 atom stereocenters. The van der Waals surface area contributed by atoms with Crippen molar-refractivity contribution in [2.24, 2.45) is 11.8 Å². The quantitative estimate of drug-likeness (QED) is 0.472. The van der Waals surface area contributed by atoms with E-state index in [-0.39, 0.29) is 0 Å². The Balaban J connectivity index is 1.92. The molecular weight excluding hydrogens is 110 g/mol. The lowest BCUT2D eigenvalue weighted by molar-refractivity contribution is 0.0611. The summed E-state index contributed by atoms with van der Waals surface area (Å²) in [4.78, 5) is 2.47. The van der Waals surface area contributed by atoms with E-state index >= 15 is 0 Å². The van der Waals surface area contributed by atoms with Crippen molar-refractivity contribution < 1.29 is 0 Å². The molecule has 1 heterocycles. The van der Waals surface area contributed by atoms with Gasteiger partial charge in [-0.2, -0.15) is 0 Å². The minimum Gasteiger partial charge on any atom is -0.306 e. The van der Waals surface area contributed by atoms with Gasteiger partial charge in [0.2, 0.25) is 0 Å². The molecule has 52 valence electrons. The molecule has 1 saturated carbocycles. The molecule has 0 spiro atoms. The summed E-state index contributed by atoms with van der Waals surface area (Å²) in [6.45, 7) is 2.73. The van der Waals surface area contributed by atoms with E-state index in [0.29, 0.717) is 0 Å². The minimum absolute atomic E-state index is 1.09. The first-order valence-corrected chi connectivity index (χ1v) is 4.05. The Morgan fingerprint density at radius 3 is 2.33 bits per heavy atom. The number of hydrogen-bond acceptors (Lipinski definition) is 1. The van der Waals surface area contributed by atoms with Gasteiger partial charge in [-0.3, -0.25) is 0 Å². The lowest BCUT2D eigenvalue weighted by Crippen LogP contribution is -2.43. The van der Waals surface area contributed by atoms with Crippen LogP contribution in [0.15, 0.2) is 0 Å². The molecule has 9 heavy (non-hydrogen) atoms. The lowest BCUT2D eigenvalue weighted by Gasteiger charge is -2.44. The number of likely N-dealkylation sites (tertiary alicyclic amines) is 1. The van der Waals surface area contributed by atoms with Gasteiger partial charge in [0.05, 0.1) is 0 Å². The third kappa shape index (κ3) is 0.877. The van der Waals surface area contributed by atoms with Gasteiger partial charge < -0.3 is 4.90 Å². The molecule has 0 bridgehead atoms. The summed E-state index contributed by atoms with van der Waals surface area (Å²) in [5.74, 6) is 2.21. The molecule has 1 heteroatoms. The fraction of sp³-hybridized carbons (Fsp3) is 1.00. The van der Waals surface area contributed by atoms with Crippen molar-refractivity contribution in [3.05, 3.63) is 0 Å². The van der Waals surface area contributed by atoms with Crippen LogP contribution in [0.5, 0.6) is 0 Å². The van der Waals surface area contributed by atoms with Gasteiger partial charge >= 0.3 is 0 Å². The number of hydrogen-bond donors (Lipinski definition) is 0. The van der Waals surface area contributed by atoms with Crippen molar-refractivity contribution in [1.29, 1.82) is 0 Å². The van der Waals surface area contributed by atoms with Gasteiger partial charge in [0.15, 0.2) is 0 Å². The Hall–Kier alpha value is -0.0400. The summed E-state index contributed by atoms with van der Waals surface area (Å²) in [5.41, 5.74) is 0. The molecule has 0 aromatic heterocycles. The van der Waals surface area contributed by atoms with Crippen molar-refractivity contribution in [1.82, 2.24) is 4.90 Å². The van der Waals surface area contributed by atoms with E-state index in [0.717, 1.165) is 11.8 Å². The summed E-state index contributed by atoms with van der Waals surface area (Å²) >= 11 is 0. The van der Waals surface area contributed by atoms with Gasteiger partial charge in [-0.25, -0.2) is 0 Å². The van der Waals surface area contributed by atoms with Crippen LogP contribution in [0.2, 0.25) is 0 Å². The van der Waals surface area contributed by atoms with Crippen LogP contribution in [0.3, 0.4) is 0 Å². The maximum atomic E-state index is 2.47. The van der Waals surface area contributed by atoms with E-state index in [2.05, 4.69) is 11.9 Å². The van der Waals surface area contributed by atoms with Crippen molar-refractivity contribution in [2.45, 2.75) is 19.3 Å².